The van der Waals surface area contributed by atoms with Gasteiger partial charge in [0.1, 0.15) is 23.5 Å². The van der Waals surface area contributed by atoms with Gasteiger partial charge in [-0.1, -0.05) is 56.4 Å². The molecule has 9 heteroatoms. The third kappa shape index (κ3) is 4.51. The van der Waals surface area contributed by atoms with E-state index in [1.54, 1.807) is 25.1 Å². The highest BCUT2D eigenvalue weighted by atomic mass is 16.5. The SMILES string of the molecule is COc1cccc2[nH]c(C(=O)N(C)[C@@H](CC3CCCCC3)C(=O)N3C[C@]4(CC3C#N)C(=O)Nc3ccccc34)cc12. The number of H-pyrrole nitrogens is 1. The fourth-order valence-corrected chi connectivity index (χ4v) is 7.09. The lowest BCUT2D eigenvalue weighted by atomic mass is 9.80. The van der Waals surface area contributed by atoms with Gasteiger partial charge in [0.05, 0.1) is 18.6 Å². The van der Waals surface area contributed by atoms with E-state index < -0.39 is 17.5 Å². The molecule has 41 heavy (non-hydrogen) atoms. The first kappa shape index (κ1) is 26.9. The van der Waals surface area contributed by atoms with Crippen LogP contribution in [-0.2, 0) is 15.0 Å². The summed E-state index contributed by atoms with van der Waals surface area (Å²) in [5, 5.41) is 13.9. The van der Waals surface area contributed by atoms with Crippen molar-refractivity contribution in [2.45, 2.75) is 62.4 Å². The number of likely N-dealkylation sites (N-methyl/N-ethyl adjacent to an activating group) is 1. The van der Waals surface area contributed by atoms with Crippen molar-refractivity contribution in [1.82, 2.24) is 14.8 Å². The van der Waals surface area contributed by atoms with Crippen molar-refractivity contribution in [2.24, 2.45) is 5.92 Å². The Hall–Kier alpha value is -4.32. The molecule has 2 aliphatic heterocycles. The van der Waals surface area contributed by atoms with Crippen molar-refractivity contribution in [3.8, 4) is 11.8 Å². The van der Waals surface area contributed by atoms with Gasteiger partial charge in [0.15, 0.2) is 0 Å². The van der Waals surface area contributed by atoms with E-state index in [2.05, 4.69) is 16.4 Å². The molecule has 2 aromatic carbocycles. The topological polar surface area (TPSA) is 119 Å². The first-order valence-electron chi connectivity index (χ1n) is 14.4. The smallest absolute Gasteiger partial charge is 0.270 e. The average molecular weight is 554 g/mol. The van der Waals surface area contributed by atoms with Gasteiger partial charge in [-0.2, -0.15) is 5.26 Å². The zero-order valence-electron chi connectivity index (χ0n) is 23.5. The second-order valence-electron chi connectivity index (χ2n) is 11.7. The maximum absolute atomic E-state index is 14.4. The van der Waals surface area contributed by atoms with Gasteiger partial charge < -0.3 is 24.8 Å². The Morgan fingerprint density at radius 3 is 2.71 bits per heavy atom. The summed E-state index contributed by atoms with van der Waals surface area (Å²) >= 11 is 0. The molecule has 1 saturated carbocycles. The maximum Gasteiger partial charge on any atom is 0.270 e. The lowest BCUT2D eigenvalue weighted by molar-refractivity contribution is -0.136. The highest BCUT2D eigenvalue weighted by Gasteiger charge is 2.56. The second kappa shape index (κ2) is 10.6. The zero-order valence-corrected chi connectivity index (χ0v) is 23.5. The number of carbonyl (C=O) groups is 3. The van der Waals surface area contributed by atoms with Gasteiger partial charge >= 0.3 is 0 Å². The summed E-state index contributed by atoms with van der Waals surface area (Å²) in [5.74, 6) is 0.201. The van der Waals surface area contributed by atoms with Gasteiger partial charge in [0.2, 0.25) is 11.8 Å². The molecule has 1 spiro atoms. The molecule has 1 saturated heterocycles. The highest BCUT2D eigenvalue weighted by Crippen LogP contribution is 2.46. The average Bonchev–Trinajstić information content (AvgIpc) is 3.69. The fraction of sp³-hybridized carbons (Fsp3) is 0.438. The summed E-state index contributed by atoms with van der Waals surface area (Å²) in [7, 11) is 3.26. The number of fused-ring (bicyclic) bond motifs is 3. The number of hydrogen-bond donors (Lipinski definition) is 2. The maximum atomic E-state index is 14.4. The lowest BCUT2D eigenvalue weighted by Crippen LogP contribution is -2.52. The molecule has 0 radical (unpaired) electrons. The van der Waals surface area contributed by atoms with E-state index in [9.17, 15) is 19.6 Å². The summed E-state index contributed by atoms with van der Waals surface area (Å²) in [6.45, 7) is 0.111. The number of aromatic amines is 1. The van der Waals surface area contributed by atoms with Crippen molar-refractivity contribution in [1.29, 1.82) is 5.26 Å². The largest absolute Gasteiger partial charge is 0.496 e. The van der Waals surface area contributed by atoms with E-state index in [1.807, 2.05) is 42.5 Å². The van der Waals surface area contributed by atoms with Crippen molar-refractivity contribution >= 4 is 34.3 Å². The first-order valence-corrected chi connectivity index (χ1v) is 14.4. The number of rotatable bonds is 6. The number of ether oxygens (including phenoxy) is 1. The van der Waals surface area contributed by atoms with Crippen molar-refractivity contribution in [2.75, 3.05) is 26.0 Å². The number of para-hydroxylation sites is 1. The Morgan fingerprint density at radius 1 is 1.17 bits per heavy atom. The molecule has 2 fully saturated rings. The van der Waals surface area contributed by atoms with E-state index in [-0.39, 0.29) is 30.7 Å². The van der Waals surface area contributed by atoms with Gasteiger partial charge in [-0.3, -0.25) is 14.4 Å². The van der Waals surface area contributed by atoms with Crippen molar-refractivity contribution in [3.05, 3.63) is 59.8 Å². The molecule has 3 atom stereocenters. The molecule has 212 valence electrons. The molecule has 0 bridgehead atoms. The molecule has 3 aromatic rings. The highest BCUT2D eigenvalue weighted by molar-refractivity contribution is 6.07. The number of aromatic nitrogens is 1. The minimum Gasteiger partial charge on any atom is -0.496 e. The zero-order chi connectivity index (χ0) is 28.7. The van der Waals surface area contributed by atoms with Gasteiger partial charge in [-0.25, -0.2) is 0 Å². The van der Waals surface area contributed by atoms with Crippen LogP contribution in [0.3, 0.4) is 0 Å². The van der Waals surface area contributed by atoms with Crippen LogP contribution >= 0.6 is 0 Å². The van der Waals surface area contributed by atoms with Crippen LogP contribution in [0.25, 0.3) is 10.9 Å². The lowest BCUT2D eigenvalue weighted by Gasteiger charge is -2.35. The monoisotopic (exact) mass is 553 g/mol. The van der Waals surface area contributed by atoms with Crippen LogP contribution in [0.15, 0.2) is 48.5 Å². The van der Waals surface area contributed by atoms with E-state index >= 15 is 0 Å². The molecule has 1 unspecified atom stereocenters. The molecular weight excluding hydrogens is 518 g/mol. The number of methoxy groups -OCH3 is 1. The first-order chi connectivity index (χ1) is 19.9. The molecule has 3 aliphatic rings. The van der Waals surface area contributed by atoms with Crippen molar-refractivity contribution in [3.63, 3.8) is 0 Å². The van der Waals surface area contributed by atoms with Crippen LogP contribution in [-0.4, -0.2) is 65.3 Å². The third-order valence-corrected chi connectivity index (χ3v) is 9.34. The molecule has 6 rings (SSSR count). The van der Waals surface area contributed by atoms with Gasteiger partial charge in [-0.15, -0.1) is 0 Å². The minimum absolute atomic E-state index is 0.111. The Morgan fingerprint density at radius 2 is 1.95 bits per heavy atom. The number of carbonyl (C=O) groups excluding carboxylic acids is 3. The normalized spacial score (nSPS) is 22.8. The van der Waals surface area contributed by atoms with Crippen LogP contribution in [0, 0.1) is 17.2 Å². The summed E-state index contributed by atoms with van der Waals surface area (Å²) in [5.41, 5.74) is 1.71. The van der Waals surface area contributed by atoms with Crippen LogP contribution in [0.4, 0.5) is 5.69 Å². The number of anilines is 1. The molecule has 2 N–H and O–H groups in total. The van der Waals surface area contributed by atoms with Crippen LogP contribution in [0.1, 0.15) is 61.0 Å². The molecular formula is C32H35N5O4. The van der Waals surface area contributed by atoms with Crippen LogP contribution < -0.4 is 10.1 Å². The molecule has 1 aromatic heterocycles. The predicted molar refractivity (Wildman–Crippen MR) is 154 cm³/mol. The quantitative estimate of drug-likeness (QED) is 0.463. The Balaban J connectivity index is 1.33. The van der Waals surface area contributed by atoms with E-state index in [0.717, 1.165) is 47.8 Å². The summed E-state index contributed by atoms with van der Waals surface area (Å²) in [4.78, 5) is 47.9. The van der Waals surface area contributed by atoms with Gasteiger partial charge in [0.25, 0.3) is 5.91 Å². The predicted octanol–water partition coefficient (Wildman–Crippen LogP) is 4.60. The standard InChI is InChI=1S/C32H35N5O4/c1-36(29(38)26-16-22-24(34-26)13-8-14-28(22)41-2)27(15-20-9-4-3-5-10-20)30(39)37-19-32(17-21(37)18-33)23-11-6-7-12-25(23)35-31(32)40/h6-8,11-14,16,20-21,27,34H,3-5,9-10,15,17,19H2,1-2H3,(H,35,40)/t21?,27-,32-/m0/s1. The van der Waals surface area contributed by atoms with Crippen LogP contribution in [0.2, 0.25) is 0 Å². The van der Waals surface area contributed by atoms with Gasteiger partial charge in [-0.05, 0) is 42.2 Å². The summed E-state index contributed by atoms with van der Waals surface area (Å²) in [6.07, 6.45) is 6.17. The molecule has 1 aliphatic carbocycles. The number of hydrogen-bond acceptors (Lipinski definition) is 5. The second-order valence-corrected chi connectivity index (χ2v) is 11.7. The summed E-state index contributed by atoms with van der Waals surface area (Å²) in [6, 6.07) is 15.6. The molecule has 3 heterocycles. The fourth-order valence-electron chi connectivity index (χ4n) is 7.09. The number of nitriles is 1. The number of benzene rings is 2. The molecule has 3 amide bonds. The Kier molecular flexibility index (Phi) is 6.94. The Bertz CT molecular complexity index is 1550. The third-order valence-electron chi connectivity index (χ3n) is 9.34. The van der Waals surface area contributed by atoms with E-state index in [0.29, 0.717) is 23.8 Å². The van der Waals surface area contributed by atoms with Crippen LogP contribution in [0.5, 0.6) is 5.75 Å². The Labute approximate surface area is 239 Å². The van der Waals surface area contributed by atoms with Gasteiger partial charge in [0, 0.05) is 36.6 Å². The number of likely N-dealkylation sites (tertiary alicyclic amines) is 1. The van der Waals surface area contributed by atoms with Crippen molar-refractivity contribution < 1.29 is 19.1 Å². The number of nitrogens with one attached hydrogen (secondary N) is 2. The summed E-state index contributed by atoms with van der Waals surface area (Å²) < 4.78 is 5.47. The minimum atomic E-state index is -0.974. The number of nitrogens with zero attached hydrogens (tertiary/aromatic N) is 3. The van der Waals surface area contributed by atoms with E-state index in [4.69, 9.17) is 4.74 Å². The molecule has 9 nitrogen and oxygen atoms in total. The van der Waals surface area contributed by atoms with E-state index in [1.165, 1.54) is 11.3 Å². The number of amides is 3.